The van der Waals surface area contributed by atoms with Gasteiger partial charge >= 0.3 is 0 Å². The smallest absolute Gasteiger partial charge is 0.290 e. The van der Waals surface area contributed by atoms with E-state index >= 15 is 0 Å². The summed E-state index contributed by atoms with van der Waals surface area (Å²) in [5, 5.41) is 0. The van der Waals surface area contributed by atoms with Gasteiger partial charge < -0.3 is 4.74 Å². The maximum atomic E-state index is 14.0. The summed E-state index contributed by atoms with van der Waals surface area (Å²) < 4.78 is 49.5. The van der Waals surface area contributed by atoms with E-state index in [4.69, 9.17) is 4.74 Å². The minimum atomic E-state index is -4.11. The fourth-order valence-electron chi connectivity index (χ4n) is 3.30. The highest BCUT2D eigenvalue weighted by Crippen LogP contribution is 2.38. The van der Waals surface area contributed by atoms with Gasteiger partial charge in [-0.1, -0.05) is 70.0 Å². The lowest BCUT2D eigenvalue weighted by Crippen LogP contribution is -2.15. The molecule has 0 aliphatic carbocycles. The molecule has 1 aliphatic heterocycles. The average Bonchev–Trinajstić information content (AvgIpc) is 3.54. The molecule has 1 fully saturated rings. The van der Waals surface area contributed by atoms with Gasteiger partial charge in [0.2, 0.25) is 0 Å². The summed E-state index contributed by atoms with van der Waals surface area (Å²) in [4.78, 5) is 0.395. The number of epoxide rings is 1. The molecule has 3 atom stereocenters. The van der Waals surface area contributed by atoms with Crippen LogP contribution in [0.3, 0.4) is 0 Å². The summed E-state index contributed by atoms with van der Waals surface area (Å²) in [6.45, 7) is 1.87. The zero-order chi connectivity index (χ0) is 21.2. The summed E-state index contributed by atoms with van der Waals surface area (Å²) in [5.41, 5.74) is 1.34. The van der Waals surface area contributed by atoms with Gasteiger partial charge in [0.25, 0.3) is 10.0 Å². The van der Waals surface area contributed by atoms with Crippen molar-refractivity contribution in [3.05, 3.63) is 96.1 Å². The molecule has 7 heteroatoms. The number of ether oxygens (including phenoxy) is 1. The van der Waals surface area contributed by atoms with Crippen LogP contribution in [0.1, 0.15) is 17.5 Å². The Labute approximate surface area is 178 Å². The van der Waals surface area contributed by atoms with Crippen molar-refractivity contribution in [2.45, 2.75) is 41.1 Å². The Bertz CT molecular complexity index is 1230. The number of aryl methyl sites for hydroxylation is 2. The number of hydrogen-bond acceptors (Lipinski definition) is 4. The molecule has 0 spiro atoms. The van der Waals surface area contributed by atoms with Crippen molar-refractivity contribution in [1.82, 2.24) is 0 Å². The Balaban J connectivity index is 1.66. The van der Waals surface area contributed by atoms with Crippen molar-refractivity contribution in [1.29, 1.82) is 0 Å². The molecule has 1 heterocycles. The Morgan fingerprint density at radius 2 is 1.40 bits per heavy atom. The fourth-order valence-corrected chi connectivity index (χ4v) is 7.63. The molecule has 0 bridgehead atoms. The molecule has 0 amide bonds. The molecule has 0 saturated carbocycles. The second-order valence-corrected chi connectivity index (χ2v) is 11.4. The lowest BCUT2D eigenvalue weighted by atomic mass is 10.1. The fraction of sp³-hybridized carbons (Fsp3) is 0.217. The summed E-state index contributed by atoms with van der Waals surface area (Å²) >= 11 is 0. The first kappa shape index (κ1) is 20.8. The minimum absolute atomic E-state index is 0.0261. The van der Waals surface area contributed by atoms with Gasteiger partial charge in [0.15, 0.2) is 5.44 Å². The van der Waals surface area contributed by atoms with Gasteiger partial charge in [-0.25, -0.2) is 4.21 Å². The normalized spacial score (nSPS) is 20.3. The Kier molecular flexibility index (Phi) is 5.77. The quantitative estimate of drug-likeness (QED) is 0.503. The zero-order valence-electron chi connectivity index (χ0n) is 16.5. The van der Waals surface area contributed by atoms with Crippen LogP contribution in [0.4, 0.5) is 0 Å². The van der Waals surface area contributed by atoms with Crippen molar-refractivity contribution in [2.24, 2.45) is 3.77 Å². The first-order chi connectivity index (χ1) is 14.4. The number of benzene rings is 3. The van der Waals surface area contributed by atoms with Gasteiger partial charge in [0.05, 0.1) is 15.9 Å². The molecule has 0 N–H and O–H groups in total. The molecule has 3 aromatic rings. The van der Waals surface area contributed by atoms with Crippen molar-refractivity contribution in [3.8, 4) is 0 Å². The lowest BCUT2D eigenvalue weighted by Gasteiger charge is -2.09. The zero-order valence-corrected chi connectivity index (χ0v) is 18.2. The molecule has 0 aromatic heterocycles. The number of nitrogens with zero attached hydrogens (tertiary/aromatic N) is 1. The number of hydrogen-bond donors (Lipinski definition) is 0. The Hall–Kier alpha value is -2.48. The van der Waals surface area contributed by atoms with Gasteiger partial charge in [0.1, 0.15) is 9.73 Å². The van der Waals surface area contributed by atoms with Crippen LogP contribution in [0.5, 0.6) is 0 Å². The van der Waals surface area contributed by atoms with Gasteiger partial charge in [-0.05, 0) is 49.6 Å². The second-order valence-electron chi connectivity index (χ2n) is 7.31. The molecular weight excluding hydrogens is 418 g/mol. The maximum absolute atomic E-state index is 14.0. The SMILES string of the molecule is Cc1ccc(S(=O)(=O)N=S(=O)(c2ccccc2)[C@@H]2O[C@H]2CCc2ccccc2)cc1. The molecular formula is C23H23NO4S2. The predicted molar refractivity (Wildman–Crippen MR) is 117 cm³/mol. The summed E-state index contributed by atoms with van der Waals surface area (Å²) in [6.07, 6.45) is 1.12. The average molecular weight is 442 g/mol. The van der Waals surface area contributed by atoms with E-state index in [-0.39, 0.29) is 11.0 Å². The largest absolute Gasteiger partial charge is 0.354 e. The van der Waals surface area contributed by atoms with E-state index in [1.165, 1.54) is 12.1 Å². The molecule has 4 rings (SSSR count). The van der Waals surface area contributed by atoms with E-state index in [9.17, 15) is 12.6 Å². The van der Waals surface area contributed by atoms with Crippen molar-refractivity contribution < 1.29 is 17.4 Å². The lowest BCUT2D eigenvalue weighted by molar-refractivity contribution is 0.386. The van der Waals surface area contributed by atoms with Crippen LogP contribution in [-0.4, -0.2) is 24.2 Å². The first-order valence-electron chi connectivity index (χ1n) is 9.72. The molecule has 3 aromatic carbocycles. The standard InChI is InChI=1S/C23H23NO4S2/c1-18-12-15-21(16-13-18)30(26,27)24-29(25,20-10-6-3-7-11-20)23-22(28-23)17-14-19-8-4-2-5-9-19/h2-13,15-16,22-23H,14,17H2,1H3/t22-,23-,29?/m0/s1. The van der Waals surface area contributed by atoms with Gasteiger partial charge in [-0.3, -0.25) is 0 Å². The highest BCUT2D eigenvalue weighted by molar-refractivity contribution is 8.03. The van der Waals surface area contributed by atoms with E-state index in [2.05, 4.69) is 3.77 Å². The number of rotatable bonds is 7. The van der Waals surface area contributed by atoms with Crippen molar-refractivity contribution >= 4 is 19.8 Å². The van der Waals surface area contributed by atoms with Crippen LogP contribution in [0.25, 0.3) is 0 Å². The molecule has 0 radical (unpaired) electrons. The van der Waals surface area contributed by atoms with E-state index in [0.29, 0.717) is 11.3 Å². The third-order valence-corrected chi connectivity index (χ3v) is 9.55. The van der Waals surface area contributed by atoms with Crippen LogP contribution in [-0.2, 0) is 30.9 Å². The van der Waals surface area contributed by atoms with Gasteiger partial charge in [-0.2, -0.15) is 8.42 Å². The first-order valence-corrected chi connectivity index (χ1v) is 12.7. The molecule has 5 nitrogen and oxygen atoms in total. The minimum Gasteiger partial charge on any atom is -0.354 e. The van der Waals surface area contributed by atoms with E-state index in [0.717, 1.165) is 17.5 Å². The van der Waals surface area contributed by atoms with E-state index < -0.39 is 25.2 Å². The second kappa shape index (κ2) is 8.34. The molecule has 1 aliphatic rings. The third kappa shape index (κ3) is 4.48. The van der Waals surface area contributed by atoms with E-state index in [1.807, 2.05) is 37.3 Å². The van der Waals surface area contributed by atoms with Crippen LogP contribution in [0.2, 0.25) is 0 Å². The maximum Gasteiger partial charge on any atom is 0.290 e. The molecule has 1 saturated heterocycles. The van der Waals surface area contributed by atoms with Gasteiger partial charge in [0, 0.05) is 0 Å². The highest BCUT2D eigenvalue weighted by atomic mass is 32.3. The summed E-state index contributed by atoms with van der Waals surface area (Å²) in [6, 6.07) is 24.8. The van der Waals surface area contributed by atoms with Crippen LogP contribution in [0, 0.1) is 6.92 Å². The van der Waals surface area contributed by atoms with Crippen molar-refractivity contribution in [3.63, 3.8) is 0 Å². The van der Waals surface area contributed by atoms with Crippen LogP contribution < -0.4 is 0 Å². The molecule has 1 unspecified atom stereocenters. The van der Waals surface area contributed by atoms with Gasteiger partial charge in [-0.15, -0.1) is 0 Å². The Morgan fingerprint density at radius 3 is 2.03 bits per heavy atom. The third-order valence-electron chi connectivity index (χ3n) is 5.02. The van der Waals surface area contributed by atoms with Crippen LogP contribution in [0.15, 0.2) is 98.5 Å². The monoisotopic (exact) mass is 441 g/mol. The predicted octanol–water partition coefficient (Wildman–Crippen LogP) is 4.57. The topological polar surface area (TPSA) is 76.1 Å². The van der Waals surface area contributed by atoms with Crippen molar-refractivity contribution in [2.75, 3.05) is 0 Å². The molecule has 30 heavy (non-hydrogen) atoms. The van der Waals surface area contributed by atoms with E-state index in [1.54, 1.807) is 42.5 Å². The number of sulfonamides is 1. The molecule has 156 valence electrons. The highest BCUT2D eigenvalue weighted by Gasteiger charge is 2.48. The Morgan fingerprint density at radius 1 is 0.800 bits per heavy atom. The van der Waals surface area contributed by atoms with Crippen LogP contribution >= 0.6 is 0 Å². The summed E-state index contributed by atoms with van der Waals surface area (Å²) in [7, 11) is -7.44. The summed E-state index contributed by atoms with van der Waals surface area (Å²) in [5.74, 6) is 0.